The van der Waals surface area contributed by atoms with E-state index in [1.807, 2.05) is 21.1 Å². The van der Waals surface area contributed by atoms with Crippen LogP contribution in [0, 0.1) is 0 Å². The van der Waals surface area contributed by atoms with Crippen LogP contribution in [0.25, 0.3) is 0 Å². The van der Waals surface area contributed by atoms with Gasteiger partial charge in [-0.25, -0.2) is 0 Å². The van der Waals surface area contributed by atoms with E-state index in [0.717, 1.165) is 25.7 Å². The van der Waals surface area contributed by atoms with E-state index in [1.165, 1.54) is 70.6 Å². The molecule has 0 bridgehead atoms. The predicted octanol–water partition coefficient (Wildman–Crippen LogP) is 7.45. The number of carbonyl (C=O) groups is 2. The molecule has 0 aromatic rings. The van der Waals surface area contributed by atoms with E-state index in [4.69, 9.17) is 9.84 Å². The summed E-state index contributed by atoms with van der Waals surface area (Å²) in [7, 11) is 5.90. The van der Waals surface area contributed by atoms with E-state index < -0.39 is 12.1 Å². The minimum absolute atomic E-state index is 0.131. The monoisotopic (exact) mass is 480 g/mol. The van der Waals surface area contributed by atoms with E-state index in [-0.39, 0.29) is 12.4 Å². The zero-order valence-corrected chi connectivity index (χ0v) is 22.7. The third-order valence-electron chi connectivity index (χ3n) is 5.78. The van der Waals surface area contributed by atoms with Crippen LogP contribution in [-0.4, -0.2) is 55.3 Å². The van der Waals surface area contributed by atoms with Gasteiger partial charge in [-0.05, 0) is 38.5 Å². The van der Waals surface area contributed by atoms with Crippen LogP contribution in [0.3, 0.4) is 0 Å². The maximum atomic E-state index is 12.1. The lowest BCUT2D eigenvalue weighted by Gasteiger charge is -2.28. The molecule has 0 saturated carbocycles. The highest BCUT2D eigenvalue weighted by atomic mass is 16.5. The standard InChI is InChI=1S/C29H53NO4/c1-5-6-7-8-9-10-11-12-13-14-15-16-17-18-19-20-21-22-23-24-29(33)34-27(25-28(31)32)26-30(2,3)4/h9-10,12-13,27H,5-8,11,14-26H2,1-4H3/p+1/b10-9-,13-12-. The number of carboxylic acid groups (broad SMARTS) is 1. The van der Waals surface area contributed by atoms with Crippen LogP contribution in [0.15, 0.2) is 24.3 Å². The molecule has 0 fully saturated rings. The topological polar surface area (TPSA) is 63.6 Å². The Kier molecular flexibility index (Phi) is 20.8. The predicted molar refractivity (Wildman–Crippen MR) is 143 cm³/mol. The van der Waals surface area contributed by atoms with Crippen molar-refractivity contribution in [3.63, 3.8) is 0 Å². The number of nitrogens with zero attached hydrogens (tertiary/aromatic N) is 1. The fourth-order valence-corrected chi connectivity index (χ4v) is 3.98. The van der Waals surface area contributed by atoms with Crippen LogP contribution in [0.5, 0.6) is 0 Å². The summed E-state index contributed by atoms with van der Waals surface area (Å²) in [4.78, 5) is 23.1. The van der Waals surface area contributed by atoms with Gasteiger partial charge in [-0.15, -0.1) is 0 Å². The van der Waals surface area contributed by atoms with Gasteiger partial charge in [0.2, 0.25) is 0 Å². The fourth-order valence-electron chi connectivity index (χ4n) is 3.98. The number of carbonyl (C=O) groups excluding carboxylic acids is 1. The minimum atomic E-state index is -0.927. The molecule has 0 amide bonds. The van der Waals surface area contributed by atoms with E-state index in [2.05, 4.69) is 31.2 Å². The number of quaternary nitrogens is 1. The molecular formula is C29H54NO4+. The summed E-state index contributed by atoms with van der Waals surface area (Å²) in [5.74, 6) is -1.19. The zero-order chi connectivity index (χ0) is 25.5. The highest BCUT2D eigenvalue weighted by Gasteiger charge is 2.24. The van der Waals surface area contributed by atoms with Crippen molar-refractivity contribution in [3.8, 4) is 0 Å². The lowest BCUT2D eigenvalue weighted by Crippen LogP contribution is -2.43. The molecule has 1 unspecified atom stereocenters. The van der Waals surface area contributed by atoms with Crippen molar-refractivity contribution in [3.05, 3.63) is 24.3 Å². The molecule has 0 heterocycles. The van der Waals surface area contributed by atoms with Gasteiger partial charge < -0.3 is 14.3 Å². The summed E-state index contributed by atoms with van der Waals surface area (Å²) in [5.41, 5.74) is 0. The van der Waals surface area contributed by atoms with Crippen molar-refractivity contribution in [2.45, 2.75) is 122 Å². The van der Waals surface area contributed by atoms with E-state index >= 15 is 0 Å². The Morgan fingerprint density at radius 1 is 0.765 bits per heavy atom. The second-order valence-corrected chi connectivity index (χ2v) is 10.6. The SMILES string of the molecule is CCCCC/C=C\C/C=C\CCCCCCCCCCCC(=O)OC(CC(=O)O)C[N+](C)(C)C. The summed E-state index contributed by atoms with van der Waals surface area (Å²) in [6, 6.07) is 0. The van der Waals surface area contributed by atoms with Crippen molar-refractivity contribution in [2.24, 2.45) is 0 Å². The van der Waals surface area contributed by atoms with E-state index in [0.29, 0.717) is 17.4 Å². The Morgan fingerprint density at radius 3 is 1.76 bits per heavy atom. The maximum absolute atomic E-state index is 12.1. The molecule has 0 aliphatic carbocycles. The lowest BCUT2D eigenvalue weighted by atomic mass is 10.1. The average Bonchev–Trinajstić information content (AvgIpc) is 2.73. The third kappa shape index (κ3) is 25.0. The van der Waals surface area contributed by atoms with Gasteiger partial charge in [-0.3, -0.25) is 9.59 Å². The molecule has 0 aliphatic heterocycles. The third-order valence-corrected chi connectivity index (χ3v) is 5.78. The van der Waals surface area contributed by atoms with E-state index in [1.54, 1.807) is 0 Å². The average molecular weight is 481 g/mol. The number of unbranched alkanes of at least 4 members (excludes halogenated alkanes) is 12. The highest BCUT2D eigenvalue weighted by Crippen LogP contribution is 2.13. The summed E-state index contributed by atoms with van der Waals surface area (Å²) in [6.07, 6.45) is 27.1. The first-order chi connectivity index (χ1) is 16.2. The first-order valence-electron chi connectivity index (χ1n) is 13.8. The number of allylic oxidation sites excluding steroid dienone is 4. The number of hydrogen-bond acceptors (Lipinski definition) is 3. The second kappa shape index (κ2) is 21.9. The smallest absolute Gasteiger partial charge is 0.307 e. The Morgan fingerprint density at radius 2 is 1.26 bits per heavy atom. The van der Waals surface area contributed by atoms with Crippen molar-refractivity contribution in [2.75, 3.05) is 27.7 Å². The molecule has 1 atom stereocenters. The summed E-state index contributed by atoms with van der Waals surface area (Å²) < 4.78 is 6.00. The Labute approximate surface area is 210 Å². The van der Waals surface area contributed by atoms with Crippen LogP contribution in [0.4, 0.5) is 0 Å². The van der Waals surface area contributed by atoms with Gasteiger partial charge in [0, 0.05) is 6.42 Å². The van der Waals surface area contributed by atoms with Crippen molar-refractivity contribution in [1.82, 2.24) is 0 Å². The first-order valence-corrected chi connectivity index (χ1v) is 13.8. The Bertz CT molecular complexity index is 563. The molecule has 0 radical (unpaired) electrons. The molecule has 0 rings (SSSR count). The second-order valence-electron chi connectivity index (χ2n) is 10.6. The number of rotatable bonds is 23. The largest absolute Gasteiger partial charge is 0.481 e. The molecule has 34 heavy (non-hydrogen) atoms. The van der Waals surface area contributed by atoms with Gasteiger partial charge in [0.15, 0.2) is 6.10 Å². The number of aliphatic carboxylic acids is 1. The van der Waals surface area contributed by atoms with Crippen molar-refractivity contribution < 1.29 is 23.9 Å². The van der Waals surface area contributed by atoms with E-state index in [9.17, 15) is 9.59 Å². The number of hydrogen-bond donors (Lipinski definition) is 1. The van der Waals surface area contributed by atoms with Crippen LogP contribution in [0.1, 0.15) is 116 Å². The first kappa shape index (κ1) is 32.4. The van der Waals surface area contributed by atoms with Crippen LogP contribution < -0.4 is 0 Å². The molecule has 5 heteroatoms. The van der Waals surface area contributed by atoms with Crippen LogP contribution >= 0.6 is 0 Å². The summed E-state index contributed by atoms with van der Waals surface area (Å²) in [5, 5.41) is 9.04. The van der Waals surface area contributed by atoms with Crippen molar-refractivity contribution >= 4 is 11.9 Å². The lowest BCUT2D eigenvalue weighted by molar-refractivity contribution is -0.873. The normalized spacial score (nSPS) is 13.1. The number of esters is 1. The molecule has 0 spiro atoms. The Balaban J connectivity index is 3.56. The molecule has 0 saturated heterocycles. The molecule has 198 valence electrons. The molecule has 1 N–H and O–H groups in total. The molecule has 0 aliphatic rings. The number of ether oxygens (including phenoxy) is 1. The van der Waals surface area contributed by atoms with Gasteiger partial charge in [0.1, 0.15) is 6.54 Å². The summed E-state index contributed by atoms with van der Waals surface area (Å²) >= 11 is 0. The number of carboxylic acids is 1. The molecular weight excluding hydrogens is 426 g/mol. The highest BCUT2D eigenvalue weighted by molar-refractivity contribution is 5.71. The van der Waals surface area contributed by atoms with Gasteiger partial charge in [-0.2, -0.15) is 0 Å². The van der Waals surface area contributed by atoms with Gasteiger partial charge in [0.05, 0.1) is 27.6 Å². The van der Waals surface area contributed by atoms with Gasteiger partial charge in [0.25, 0.3) is 0 Å². The van der Waals surface area contributed by atoms with Gasteiger partial charge in [-0.1, -0.05) is 89.0 Å². The summed E-state index contributed by atoms with van der Waals surface area (Å²) in [6.45, 7) is 2.75. The zero-order valence-electron chi connectivity index (χ0n) is 22.7. The van der Waals surface area contributed by atoms with Gasteiger partial charge >= 0.3 is 11.9 Å². The maximum Gasteiger partial charge on any atom is 0.307 e. The fraction of sp³-hybridized carbons (Fsp3) is 0.793. The quantitative estimate of drug-likeness (QED) is 0.0713. The van der Waals surface area contributed by atoms with Crippen LogP contribution in [-0.2, 0) is 14.3 Å². The Hall–Kier alpha value is -1.62. The molecule has 5 nitrogen and oxygen atoms in total. The van der Waals surface area contributed by atoms with Crippen molar-refractivity contribution in [1.29, 1.82) is 0 Å². The number of likely N-dealkylation sites (N-methyl/N-ethyl adjacent to an activating group) is 1. The molecule has 0 aromatic heterocycles. The van der Waals surface area contributed by atoms with Crippen LogP contribution in [0.2, 0.25) is 0 Å². The molecule has 0 aromatic carbocycles. The minimum Gasteiger partial charge on any atom is -0.481 e.